The van der Waals surface area contributed by atoms with Gasteiger partial charge in [0, 0.05) is 16.5 Å². The van der Waals surface area contributed by atoms with E-state index in [9.17, 15) is 4.79 Å². The molecule has 0 spiro atoms. The molecule has 0 saturated heterocycles. The molecule has 0 fully saturated rings. The van der Waals surface area contributed by atoms with Gasteiger partial charge in [0.1, 0.15) is 10.8 Å². The lowest BCUT2D eigenvalue weighted by molar-refractivity contribution is -0.136. The minimum Gasteiger partial charge on any atom is -0.496 e. The second-order valence-electron chi connectivity index (χ2n) is 5.86. The smallest absolute Gasteiger partial charge is 0.310 e. The first-order valence-corrected chi connectivity index (χ1v) is 7.54. The Hall–Kier alpha value is -1.88. The summed E-state index contributed by atoms with van der Waals surface area (Å²) in [5.41, 5.74) is 2.86. The van der Waals surface area contributed by atoms with Gasteiger partial charge in [-0.05, 0) is 23.6 Å². The number of hydrogen-bond donors (Lipinski definition) is 1. The maximum Gasteiger partial charge on any atom is 0.310 e. The molecule has 112 valence electrons. The molecule has 0 aliphatic rings. The maximum absolute atomic E-state index is 10.7. The molecule has 0 radical (unpaired) electrons. The van der Waals surface area contributed by atoms with Crippen LogP contribution in [0.15, 0.2) is 23.6 Å². The largest absolute Gasteiger partial charge is 0.496 e. The molecule has 0 aliphatic carbocycles. The Bertz CT molecular complexity index is 656. The number of rotatable bonds is 4. The van der Waals surface area contributed by atoms with Gasteiger partial charge < -0.3 is 9.84 Å². The lowest BCUT2D eigenvalue weighted by Gasteiger charge is -2.22. The predicted molar refractivity (Wildman–Crippen MR) is 84.1 cm³/mol. The van der Waals surface area contributed by atoms with Crippen molar-refractivity contribution >= 4 is 17.3 Å². The fourth-order valence-electron chi connectivity index (χ4n) is 2.11. The van der Waals surface area contributed by atoms with E-state index in [0.29, 0.717) is 5.01 Å². The first-order chi connectivity index (χ1) is 9.81. The standard InChI is InChI=1S/C16H19NO3S/c1-16(2,3)11-7-10(5-6-13(11)20-4)12-9-21-14(17-12)8-15(18)19/h5-7,9H,8H2,1-4H3,(H,18,19). The average Bonchev–Trinajstić information content (AvgIpc) is 2.84. The van der Waals surface area contributed by atoms with Crippen LogP contribution < -0.4 is 4.74 Å². The van der Waals surface area contributed by atoms with Crippen LogP contribution in [-0.4, -0.2) is 23.2 Å². The molecule has 0 bridgehead atoms. The molecule has 2 aromatic rings. The third-order valence-electron chi connectivity index (χ3n) is 3.16. The van der Waals surface area contributed by atoms with E-state index < -0.39 is 5.97 Å². The number of methoxy groups -OCH3 is 1. The third-order valence-corrected chi connectivity index (χ3v) is 4.01. The molecule has 4 nitrogen and oxygen atoms in total. The molecule has 5 heteroatoms. The van der Waals surface area contributed by atoms with Crippen LogP contribution in [0.25, 0.3) is 11.3 Å². The molecule has 1 aromatic carbocycles. The summed E-state index contributed by atoms with van der Waals surface area (Å²) in [5, 5.41) is 11.3. The number of hydrogen-bond acceptors (Lipinski definition) is 4. The van der Waals surface area contributed by atoms with Crippen LogP contribution in [0.5, 0.6) is 5.75 Å². The summed E-state index contributed by atoms with van der Waals surface area (Å²) in [6.07, 6.45) is -0.0348. The monoisotopic (exact) mass is 305 g/mol. The van der Waals surface area contributed by atoms with E-state index in [4.69, 9.17) is 9.84 Å². The van der Waals surface area contributed by atoms with Crippen molar-refractivity contribution in [3.63, 3.8) is 0 Å². The van der Waals surface area contributed by atoms with E-state index in [1.165, 1.54) is 11.3 Å². The van der Waals surface area contributed by atoms with Crippen LogP contribution in [0, 0.1) is 0 Å². The van der Waals surface area contributed by atoms with E-state index >= 15 is 0 Å². The van der Waals surface area contributed by atoms with Gasteiger partial charge in [0.2, 0.25) is 0 Å². The first-order valence-electron chi connectivity index (χ1n) is 6.66. The van der Waals surface area contributed by atoms with Crippen LogP contribution in [0.1, 0.15) is 31.3 Å². The van der Waals surface area contributed by atoms with Gasteiger partial charge in [-0.15, -0.1) is 11.3 Å². The number of nitrogens with zero attached hydrogens (tertiary/aromatic N) is 1. The number of carbonyl (C=O) groups is 1. The summed E-state index contributed by atoms with van der Waals surface area (Å²) in [4.78, 5) is 15.1. The zero-order chi connectivity index (χ0) is 15.6. The number of carboxylic acids is 1. The minimum atomic E-state index is -0.860. The highest BCUT2D eigenvalue weighted by atomic mass is 32.1. The van der Waals surface area contributed by atoms with Gasteiger partial charge >= 0.3 is 5.97 Å². The molecule has 2 rings (SSSR count). The minimum absolute atomic E-state index is 0.0348. The maximum atomic E-state index is 10.7. The highest BCUT2D eigenvalue weighted by Gasteiger charge is 2.20. The predicted octanol–water partition coefficient (Wildman–Crippen LogP) is 3.74. The second-order valence-corrected chi connectivity index (χ2v) is 6.80. The molecule has 0 unspecified atom stereocenters. The van der Waals surface area contributed by atoms with Gasteiger partial charge in [0.25, 0.3) is 0 Å². The van der Waals surface area contributed by atoms with Crippen molar-refractivity contribution in [2.75, 3.05) is 7.11 Å². The Morgan fingerprint density at radius 3 is 2.67 bits per heavy atom. The number of carboxylic acid groups (broad SMARTS) is 1. The molecule has 1 heterocycles. The van der Waals surface area contributed by atoms with Gasteiger partial charge in [0.05, 0.1) is 19.2 Å². The van der Waals surface area contributed by atoms with Crippen molar-refractivity contribution < 1.29 is 14.6 Å². The van der Waals surface area contributed by atoms with Crippen molar-refractivity contribution in [3.05, 3.63) is 34.2 Å². The number of ether oxygens (including phenoxy) is 1. The summed E-state index contributed by atoms with van der Waals surface area (Å²) < 4.78 is 5.43. The number of aliphatic carboxylic acids is 1. The summed E-state index contributed by atoms with van der Waals surface area (Å²) >= 11 is 1.37. The normalized spacial score (nSPS) is 11.4. The first kappa shape index (κ1) is 15.5. The molecule has 0 aliphatic heterocycles. The number of benzene rings is 1. The molecule has 0 atom stereocenters. The van der Waals surface area contributed by atoms with Crippen LogP contribution >= 0.6 is 11.3 Å². The molecule has 0 saturated carbocycles. The fraction of sp³-hybridized carbons (Fsp3) is 0.375. The quantitative estimate of drug-likeness (QED) is 0.934. The van der Waals surface area contributed by atoms with Crippen molar-refractivity contribution in [3.8, 4) is 17.0 Å². The van der Waals surface area contributed by atoms with E-state index in [1.807, 2.05) is 17.5 Å². The summed E-state index contributed by atoms with van der Waals surface area (Å²) in [5.74, 6) is -0.00625. The van der Waals surface area contributed by atoms with Crippen molar-refractivity contribution in [1.82, 2.24) is 4.98 Å². The Morgan fingerprint density at radius 2 is 2.10 bits per heavy atom. The SMILES string of the molecule is COc1ccc(-c2csc(CC(=O)O)n2)cc1C(C)(C)C. The molecule has 21 heavy (non-hydrogen) atoms. The summed E-state index contributed by atoms with van der Waals surface area (Å²) in [7, 11) is 1.66. The van der Waals surface area contributed by atoms with E-state index in [2.05, 4.69) is 31.8 Å². The van der Waals surface area contributed by atoms with E-state index in [1.54, 1.807) is 7.11 Å². The van der Waals surface area contributed by atoms with Gasteiger partial charge in [-0.3, -0.25) is 4.79 Å². The Morgan fingerprint density at radius 1 is 1.38 bits per heavy atom. The van der Waals surface area contributed by atoms with Gasteiger partial charge in [-0.1, -0.05) is 20.8 Å². The highest BCUT2D eigenvalue weighted by Crippen LogP contribution is 2.35. The van der Waals surface area contributed by atoms with Crippen LogP contribution in [-0.2, 0) is 16.6 Å². The Balaban J connectivity index is 2.41. The molecule has 1 N–H and O–H groups in total. The zero-order valence-electron chi connectivity index (χ0n) is 12.6. The molecular weight excluding hydrogens is 286 g/mol. The summed E-state index contributed by atoms with van der Waals surface area (Å²) in [6.45, 7) is 6.39. The van der Waals surface area contributed by atoms with Crippen molar-refractivity contribution in [2.24, 2.45) is 0 Å². The fourth-order valence-corrected chi connectivity index (χ4v) is 2.90. The average molecular weight is 305 g/mol. The lowest BCUT2D eigenvalue weighted by Crippen LogP contribution is -2.12. The van der Waals surface area contributed by atoms with E-state index in [0.717, 1.165) is 22.6 Å². The number of thiazole rings is 1. The molecular formula is C16H19NO3S. The van der Waals surface area contributed by atoms with Crippen LogP contribution in [0.4, 0.5) is 0 Å². The Kier molecular flexibility index (Phi) is 4.32. The van der Waals surface area contributed by atoms with Crippen molar-refractivity contribution in [2.45, 2.75) is 32.6 Å². The van der Waals surface area contributed by atoms with Crippen molar-refractivity contribution in [1.29, 1.82) is 0 Å². The van der Waals surface area contributed by atoms with Gasteiger partial charge in [0.15, 0.2) is 0 Å². The zero-order valence-corrected chi connectivity index (χ0v) is 13.5. The molecule has 0 amide bonds. The highest BCUT2D eigenvalue weighted by molar-refractivity contribution is 7.10. The lowest BCUT2D eigenvalue weighted by atomic mass is 9.85. The van der Waals surface area contributed by atoms with E-state index in [-0.39, 0.29) is 11.8 Å². The van der Waals surface area contributed by atoms with Crippen LogP contribution in [0.2, 0.25) is 0 Å². The Labute approximate surface area is 128 Å². The second kappa shape index (κ2) is 5.85. The van der Waals surface area contributed by atoms with Gasteiger partial charge in [-0.2, -0.15) is 0 Å². The molecule has 1 aromatic heterocycles. The summed E-state index contributed by atoms with van der Waals surface area (Å²) in [6, 6.07) is 5.96. The number of aromatic nitrogens is 1. The van der Waals surface area contributed by atoms with Crippen LogP contribution in [0.3, 0.4) is 0 Å². The topological polar surface area (TPSA) is 59.4 Å². The third kappa shape index (κ3) is 3.61. The van der Waals surface area contributed by atoms with Gasteiger partial charge in [-0.25, -0.2) is 4.98 Å².